The van der Waals surface area contributed by atoms with Crippen molar-refractivity contribution in [1.29, 1.82) is 0 Å². The molecular formula is C4H4F2O8Ti. The van der Waals surface area contributed by atoms with Gasteiger partial charge in [-0.1, -0.05) is 0 Å². The number of carboxylic acids is 4. The van der Waals surface area contributed by atoms with Gasteiger partial charge >= 0.3 is 50.3 Å². The van der Waals surface area contributed by atoms with Crippen molar-refractivity contribution in [2.24, 2.45) is 0 Å². The Hall–Kier alpha value is -1.55. The van der Waals surface area contributed by atoms with Gasteiger partial charge in [0.25, 0.3) is 0 Å². The van der Waals surface area contributed by atoms with E-state index < -0.39 is 44.1 Å². The molecule has 0 unspecified atom stereocenters. The molecular weight excluding hydrogens is 262 g/mol. The van der Waals surface area contributed by atoms with Gasteiger partial charge in [0.05, 0.1) is 0 Å². The first kappa shape index (κ1) is 19.1. The summed E-state index contributed by atoms with van der Waals surface area (Å²) in [5, 5.41) is 29.6. The van der Waals surface area contributed by atoms with Gasteiger partial charge in [0, 0.05) is 0 Å². The number of hydrogen-bond donors (Lipinski definition) is 4. The molecule has 0 radical (unpaired) electrons. The molecule has 8 nitrogen and oxygen atoms in total. The Balaban J connectivity index is -0.000000153. The summed E-state index contributed by atoms with van der Waals surface area (Å²) in [7, 11) is 0. The molecule has 0 atom stereocenters. The van der Waals surface area contributed by atoms with Crippen molar-refractivity contribution in [2.45, 2.75) is 0 Å². The molecule has 0 aromatic rings. The summed E-state index contributed by atoms with van der Waals surface area (Å²) in [5.41, 5.74) is 0. The predicted octanol–water partition coefficient (Wildman–Crippen LogP) is -0.851. The number of rotatable bonds is 0. The molecule has 86 valence electrons. The molecule has 0 heterocycles. The molecule has 0 saturated heterocycles. The molecule has 11 heteroatoms. The second-order valence-corrected chi connectivity index (χ2v) is 1.52. The van der Waals surface area contributed by atoms with E-state index in [9.17, 15) is 6.18 Å². The summed E-state index contributed by atoms with van der Waals surface area (Å²) in [4.78, 5) is 36.4. The van der Waals surface area contributed by atoms with Gasteiger partial charge in [-0.2, -0.15) is 0 Å². The van der Waals surface area contributed by atoms with Crippen molar-refractivity contribution in [2.75, 3.05) is 0 Å². The van der Waals surface area contributed by atoms with E-state index in [-0.39, 0.29) is 0 Å². The van der Waals surface area contributed by atoms with Crippen molar-refractivity contribution in [3.8, 4) is 0 Å². The molecule has 0 aromatic heterocycles. The summed E-state index contributed by atoms with van der Waals surface area (Å²) in [5.74, 6) is -7.30. The maximum atomic E-state index is 9.75. The fourth-order valence-electron chi connectivity index (χ4n) is 0. The third kappa shape index (κ3) is 32.7. The van der Waals surface area contributed by atoms with E-state index in [0.717, 1.165) is 0 Å². The first-order valence-electron chi connectivity index (χ1n) is 2.59. The van der Waals surface area contributed by atoms with Crippen LogP contribution in [0.4, 0.5) is 6.18 Å². The van der Waals surface area contributed by atoms with Gasteiger partial charge in [-0.05, 0) is 0 Å². The number of halogens is 2. The van der Waals surface area contributed by atoms with E-state index in [0.29, 0.717) is 0 Å². The second-order valence-electron chi connectivity index (χ2n) is 1.29. The Morgan fingerprint density at radius 3 is 0.733 bits per heavy atom. The molecule has 4 N–H and O–H groups in total. The zero-order chi connectivity index (χ0) is 13.0. The zero-order valence-corrected chi connectivity index (χ0v) is 8.24. The molecule has 0 saturated carbocycles. The van der Waals surface area contributed by atoms with Gasteiger partial charge in [-0.3, -0.25) is 0 Å². The van der Waals surface area contributed by atoms with Crippen LogP contribution < -0.4 is 0 Å². The fourth-order valence-corrected chi connectivity index (χ4v) is 0. The summed E-state index contributed by atoms with van der Waals surface area (Å²) < 4.78 is 19.5. The van der Waals surface area contributed by atoms with Gasteiger partial charge in [-0.15, -0.1) is 0 Å². The van der Waals surface area contributed by atoms with Crippen molar-refractivity contribution >= 4 is 23.9 Å². The quantitative estimate of drug-likeness (QED) is 0.327. The molecule has 15 heavy (non-hydrogen) atoms. The normalized spacial score (nSPS) is 6.80. The SMILES string of the molecule is O=C(O)C(=O)O.O=C(O)C(=O)O.[F][Ti][F]. The predicted molar refractivity (Wildman–Crippen MR) is 32.8 cm³/mol. The Morgan fingerprint density at radius 2 is 0.733 bits per heavy atom. The van der Waals surface area contributed by atoms with Crippen molar-refractivity contribution < 1.29 is 66.0 Å². The van der Waals surface area contributed by atoms with Crippen LogP contribution in [0.2, 0.25) is 0 Å². The molecule has 0 aromatic carbocycles. The Morgan fingerprint density at radius 1 is 0.667 bits per heavy atom. The Labute approximate surface area is 90.4 Å². The zero-order valence-electron chi connectivity index (χ0n) is 6.68. The standard InChI is InChI=1S/2C2H2O4.2FH.Ti/c2*3-1(4)2(5)6;;;/h2*(H,3,4)(H,5,6);2*1H;/q;;;;+2/p-2. The average Bonchev–Trinajstić information content (AvgIpc) is 2.06. The van der Waals surface area contributed by atoms with Crippen LogP contribution in [0.3, 0.4) is 0 Å². The van der Waals surface area contributed by atoms with Crippen LogP contribution in [0, 0.1) is 0 Å². The van der Waals surface area contributed by atoms with E-state index in [1.807, 2.05) is 0 Å². The molecule has 0 amide bonds. The molecule has 0 fully saturated rings. The van der Waals surface area contributed by atoms with Gasteiger partial charge in [0.1, 0.15) is 0 Å². The number of hydrogen-bond acceptors (Lipinski definition) is 4. The van der Waals surface area contributed by atoms with E-state index in [2.05, 4.69) is 0 Å². The van der Waals surface area contributed by atoms with Crippen LogP contribution in [-0.4, -0.2) is 44.3 Å². The first-order valence-corrected chi connectivity index (χ1v) is 3.77. The van der Waals surface area contributed by atoms with Crippen LogP contribution in [0.5, 0.6) is 0 Å². The molecule has 0 aliphatic heterocycles. The number of aliphatic carboxylic acids is 4. The van der Waals surface area contributed by atoms with Gasteiger partial charge in [-0.25, -0.2) is 19.2 Å². The van der Waals surface area contributed by atoms with Gasteiger partial charge < -0.3 is 20.4 Å². The molecule has 0 aliphatic carbocycles. The van der Waals surface area contributed by atoms with E-state index in [1.54, 1.807) is 0 Å². The van der Waals surface area contributed by atoms with Crippen LogP contribution in [-0.2, 0) is 39.4 Å². The summed E-state index contributed by atoms with van der Waals surface area (Å²) in [6.07, 6.45) is 0. The third-order valence-electron chi connectivity index (χ3n) is 0.366. The summed E-state index contributed by atoms with van der Waals surface area (Å²) >= 11 is -2.50. The van der Waals surface area contributed by atoms with Crippen molar-refractivity contribution in [3.05, 3.63) is 0 Å². The molecule has 0 spiro atoms. The van der Waals surface area contributed by atoms with Crippen LogP contribution in [0.1, 0.15) is 0 Å². The van der Waals surface area contributed by atoms with E-state index in [4.69, 9.17) is 39.6 Å². The summed E-state index contributed by atoms with van der Waals surface area (Å²) in [6.45, 7) is 0. The Bertz CT molecular complexity index is 193. The monoisotopic (exact) mass is 266 g/mol. The maximum absolute atomic E-state index is 9.75. The molecule has 0 aliphatic rings. The van der Waals surface area contributed by atoms with Gasteiger partial charge in [0.2, 0.25) is 0 Å². The van der Waals surface area contributed by atoms with Crippen LogP contribution in [0.25, 0.3) is 0 Å². The molecule has 0 rings (SSSR count). The minimum atomic E-state index is -2.50. The van der Waals surface area contributed by atoms with Crippen LogP contribution >= 0.6 is 0 Å². The van der Waals surface area contributed by atoms with E-state index in [1.165, 1.54) is 0 Å². The number of carboxylic acid groups (broad SMARTS) is 4. The second kappa shape index (κ2) is 12.5. The fraction of sp³-hybridized carbons (Fsp3) is 0. The Kier molecular flexibility index (Phi) is 15.9. The topological polar surface area (TPSA) is 149 Å². The van der Waals surface area contributed by atoms with Crippen molar-refractivity contribution in [3.63, 3.8) is 0 Å². The minimum absolute atomic E-state index is 1.82. The van der Waals surface area contributed by atoms with E-state index >= 15 is 0 Å². The average molecular weight is 266 g/mol. The first-order chi connectivity index (χ1) is 6.70. The van der Waals surface area contributed by atoms with Crippen molar-refractivity contribution in [1.82, 2.24) is 0 Å². The molecule has 0 bridgehead atoms. The van der Waals surface area contributed by atoms with Crippen LogP contribution in [0.15, 0.2) is 0 Å². The third-order valence-corrected chi connectivity index (χ3v) is 0.366. The summed E-state index contributed by atoms with van der Waals surface area (Å²) in [6, 6.07) is 0. The number of carbonyl (C=O) groups is 4. The van der Waals surface area contributed by atoms with Gasteiger partial charge in [0.15, 0.2) is 0 Å².